The van der Waals surface area contributed by atoms with Gasteiger partial charge in [0.1, 0.15) is 6.54 Å². The van der Waals surface area contributed by atoms with Gasteiger partial charge in [-0.2, -0.15) is 5.10 Å². The second kappa shape index (κ2) is 6.96. The maximum Gasteiger partial charge on any atom is 0.246 e. The van der Waals surface area contributed by atoms with Crippen molar-refractivity contribution in [1.29, 1.82) is 0 Å². The molecule has 1 heterocycles. The van der Waals surface area contributed by atoms with E-state index in [1.54, 1.807) is 48.5 Å². The number of hydrogen-bond donors (Lipinski definition) is 2. The van der Waals surface area contributed by atoms with Gasteiger partial charge < -0.3 is 10.6 Å². The number of amides is 2. The molecule has 0 bridgehead atoms. The molecule has 0 aliphatic heterocycles. The Labute approximate surface area is 143 Å². The quantitative estimate of drug-likeness (QED) is 0.762. The van der Waals surface area contributed by atoms with Crippen molar-refractivity contribution in [3.8, 4) is 0 Å². The van der Waals surface area contributed by atoms with E-state index in [0.717, 1.165) is 0 Å². The van der Waals surface area contributed by atoms with Crippen molar-refractivity contribution < 1.29 is 9.59 Å². The van der Waals surface area contributed by atoms with Crippen molar-refractivity contribution in [2.24, 2.45) is 0 Å². The number of hydrogen-bond acceptors (Lipinski definition) is 4. The molecule has 0 unspecified atom stereocenters. The summed E-state index contributed by atoms with van der Waals surface area (Å²) in [7, 11) is 0. The molecule has 7 nitrogen and oxygen atoms in total. The Morgan fingerprint density at radius 3 is 2.52 bits per heavy atom. The molecule has 2 amide bonds. The predicted octanol–water partition coefficient (Wildman–Crippen LogP) is 1.99. The van der Waals surface area contributed by atoms with Gasteiger partial charge in [0.25, 0.3) is 0 Å². The summed E-state index contributed by atoms with van der Waals surface area (Å²) < 4.78 is 1.48. The van der Waals surface area contributed by atoms with Crippen LogP contribution in [0.4, 0.5) is 11.4 Å². The monoisotopic (exact) mass is 336 g/mol. The number of para-hydroxylation sites is 1. The molecule has 0 spiro atoms. The fraction of sp³-hybridized carbons (Fsp3) is 0.111. The smallest absolute Gasteiger partial charge is 0.246 e. The van der Waals surface area contributed by atoms with E-state index in [0.29, 0.717) is 22.3 Å². The van der Waals surface area contributed by atoms with Gasteiger partial charge in [0.2, 0.25) is 17.2 Å². The van der Waals surface area contributed by atoms with Crippen LogP contribution in [0.15, 0.2) is 59.5 Å². The molecule has 3 rings (SSSR count). The molecular formula is C18H16N4O3. The third kappa shape index (κ3) is 3.89. The molecule has 25 heavy (non-hydrogen) atoms. The highest BCUT2D eigenvalue weighted by Crippen LogP contribution is 2.15. The van der Waals surface area contributed by atoms with Crippen LogP contribution >= 0.6 is 0 Å². The molecule has 1 aromatic heterocycles. The van der Waals surface area contributed by atoms with E-state index < -0.39 is 0 Å². The van der Waals surface area contributed by atoms with Gasteiger partial charge in [0.15, 0.2) is 0 Å². The van der Waals surface area contributed by atoms with Crippen molar-refractivity contribution in [1.82, 2.24) is 9.78 Å². The lowest BCUT2D eigenvalue weighted by Crippen LogP contribution is -2.22. The molecule has 2 aromatic carbocycles. The van der Waals surface area contributed by atoms with E-state index in [4.69, 9.17) is 0 Å². The summed E-state index contributed by atoms with van der Waals surface area (Å²) in [6.07, 6.45) is 1.20. The van der Waals surface area contributed by atoms with Crippen LogP contribution in [0.3, 0.4) is 0 Å². The van der Waals surface area contributed by atoms with Crippen molar-refractivity contribution in [2.45, 2.75) is 13.5 Å². The highest BCUT2D eigenvalue weighted by molar-refractivity contribution is 5.93. The summed E-state index contributed by atoms with van der Waals surface area (Å²) in [4.78, 5) is 35.2. The number of nitrogens with zero attached hydrogens (tertiary/aromatic N) is 2. The minimum Gasteiger partial charge on any atom is -0.326 e. The molecule has 0 radical (unpaired) electrons. The molecule has 0 saturated carbocycles. The topological polar surface area (TPSA) is 93.1 Å². The second-order valence-corrected chi connectivity index (χ2v) is 5.49. The van der Waals surface area contributed by atoms with E-state index in [1.807, 2.05) is 0 Å². The van der Waals surface area contributed by atoms with Crippen molar-refractivity contribution >= 4 is 34.1 Å². The van der Waals surface area contributed by atoms with Gasteiger partial charge in [-0.05, 0) is 30.3 Å². The van der Waals surface area contributed by atoms with Crippen LogP contribution in [0.1, 0.15) is 6.92 Å². The first-order chi connectivity index (χ1) is 12.0. The maximum absolute atomic E-state index is 12.3. The fourth-order valence-electron chi connectivity index (χ4n) is 2.50. The van der Waals surface area contributed by atoms with Crippen molar-refractivity contribution in [3.63, 3.8) is 0 Å². The molecule has 0 fully saturated rings. The van der Waals surface area contributed by atoms with E-state index >= 15 is 0 Å². The van der Waals surface area contributed by atoms with Gasteiger partial charge in [-0.1, -0.05) is 18.2 Å². The predicted molar refractivity (Wildman–Crippen MR) is 95.4 cm³/mol. The number of anilines is 2. The molecule has 7 heteroatoms. The van der Waals surface area contributed by atoms with Gasteiger partial charge in [-0.15, -0.1) is 0 Å². The second-order valence-electron chi connectivity index (χ2n) is 5.49. The first kappa shape index (κ1) is 16.4. The van der Waals surface area contributed by atoms with Gasteiger partial charge in [0.05, 0.1) is 11.7 Å². The Morgan fingerprint density at radius 2 is 1.76 bits per heavy atom. The van der Waals surface area contributed by atoms with Crippen LogP contribution < -0.4 is 16.1 Å². The molecule has 2 N–H and O–H groups in total. The van der Waals surface area contributed by atoms with Gasteiger partial charge in [-0.25, -0.2) is 0 Å². The average molecular weight is 336 g/mol. The van der Waals surface area contributed by atoms with Gasteiger partial charge in [-0.3, -0.25) is 19.1 Å². The van der Waals surface area contributed by atoms with E-state index in [1.165, 1.54) is 17.8 Å². The minimum absolute atomic E-state index is 0.0365. The molecule has 0 saturated heterocycles. The average Bonchev–Trinajstić information content (AvgIpc) is 2.57. The van der Waals surface area contributed by atoms with Crippen LogP contribution in [0.25, 0.3) is 10.9 Å². The molecule has 0 aliphatic carbocycles. The number of benzene rings is 2. The van der Waals surface area contributed by atoms with Crippen molar-refractivity contribution in [3.05, 3.63) is 65.0 Å². The van der Waals surface area contributed by atoms with E-state index in [-0.39, 0.29) is 23.8 Å². The number of carbonyl (C=O) groups is 2. The summed E-state index contributed by atoms with van der Waals surface area (Å²) in [5.41, 5.74) is 1.56. The Morgan fingerprint density at radius 1 is 1.04 bits per heavy atom. The summed E-state index contributed by atoms with van der Waals surface area (Å²) in [5.74, 6) is -0.478. The summed E-state index contributed by atoms with van der Waals surface area (Å²) in [6.45, 7) is 1.38. The van der Waals surface area contributed by atoms with Gasteiger partial charge >= 0.3 is 0 Å². The number of carbonyl (C=O) groups excluding carboxylic acids is 2. The van der Waals surface area contributed by atoms with Gasteiger partial charge in [0, 0.05) is 23.7 Å². The Balaban J connectivity index is 1.79. The van der Waals surface area contributed by atoms with E-state index in [9.17, 15) is 14.4 Å². The largest absolute Gasteiger partial charge is 0.326 e. The first-order valence-electron chi connectivity index (χ1n) is 7.65. The van der Waals surface area contributed by atoms with Crippen molar-refractivity contribution in [2.75, 3.05) is 10.6 Å². The Kier molecular flexibility index (Phi) is 4.56. The number of aromatic nitrogens is 2. The normalized spacial score (nSPS) is 10.4. The zero-order valence-corrected chi connectivity index (χ0v) is 13.5. The van der Waals surface area contributed by atoms with Crippen LogP contribution in [0.2, 0.25) is 0 Å². The van der Waals surface area contributed by atoms with Crippen LogP contribution in [0.5, 0.6) is 0 Å². The van der Waals surface area contributed by atoms with E-state index in [2.05, 4.69) is 15.7 Å². The fourth-order valence-corrected chi connectivity index (χ4v) is 2.50. The lowest BCUT2D eigenvalue weighted by atomic mass is 10.2. The minimum atomic E-state index is -0.290. The lowest BCUT2D eigenvalue weighted by molar-refractivity contribution is -0.117. The summed E-state index contributed by atoms with van der Waals surface area (Å²) in [5, 5.41) is 9.95. The molecule has 0 atom stereocenters. The standard InChI is InChI=1S/C18H16N4O3/c1-12(23)20-13-5-4-6-14(9-13)21-18(25)11-22-16-8-3-2-7-15(16)17(24)10-19-22/h2-10H,11H2,1H3,(H,20,23)(H,21,25). The maximum atomic E-state index is 12.3. The molecular weight excluding hydrogens is 320 g/mol. The highest BCUT2D eigenvalue weighted by Gasteiger charge is 2.09. The van der Waals surface area contributed by atoms with Crippen LogP contribution in [-0.4, -0.2) is 21.6 Å². The third-order valence-corrected chi connectivity index (χ3v) is 3.52. The zero-order valence-electron chi connectivity index (χ0n) is 13.5. The zero-order chi connectivity index (χ0) is 17.8. The first-order valence-corrected chi connectivity index (χ1v) is 7.65. The number of nitrogens with one attached hydrogen (secondary N) is 2. The lowest BCUT2D eigenvalue weighted by Gasteiger charge is -2.10. The highest BCUT2D eigenvalue weighted by atomic mass is 16.2. The Bertz CT molecular complexity index is 1010. The Hall–Kier alpha value is -3.48. The summed E-state index contributed by atoms with van der Waals surface area (Å²) >= 11 is 0. The number of fused-ring (bicyclic) bond motifs is 1. The number of rotatable bonds is 4. The van der Waals surface area contributed by atoms with Crippen LogP contribution in [0, 0.1) is 0 Å². The van der Waals surface area contributed by atoms with Crippen LogP contribution in [-0.2, 0) is 16.1 Å². The molecule has 3 aromatic rings. The molecule has 126 valence electrons. The SMILES string of the molecule is CC(=O)Nc1cccc(NC(=O)Cn2ncc(=O)c3ccccc32)c1. The third-order valence-electron chi connectivity index (χ3n) is 3.52. The molecule has 0 aliphatic rings. The summed E-state index contributed by atoms with van der Waals surface area (Å²) in [6, 6.07) is 13.8.